The van der Waals surface area contributed by atoms with E-state index in [0.29, 0.717) is 4.70 Å². The van der Waals surface area contributed by atoms with Crippen molar-refractivity contribution in [2.24, 2.45) is 17.0 Å². The molecule has 1 aromatic carbocycles. The van der Waals surface area contributed by atoms with Gasteiger partial charge in [0.25, 0.3) is 0 Å². The van der Waals surface area contributed by atoms with Crippen molar-refractivity contribution < 1.29 is 48.2 Å². The number of nitrogens with zero attached hydrogens (tertiary/aromatic N) is 3. The third-order valence-corrected chi connectivity index (χ3v) is 7.70. The molecule has 1 aliphatic rings. The highest BCUT2D eigenvalue weighted by molar-refractivity contribution is 6.07. The summed E-state index contributed by atoms with van der Waals surface area (Å²) >= 11 is 0. The minimum atomic E-state index is -1.51. The second-order valence-electron chi connectivity index (χ2n) is 13.0. The largest absolute Gasteiger partial charge is 0.445 e. The number of hydrogen-bond acceptors (Lipinski definition) is 9. The molecule has 1 aromatic rings. The van der Waals surface area contributed by atoms with E-state index in [9.17, 15) is 43.5 Å². The molecular formula is C33H48N7O9+. The molecule has 49 heavy (non-hydrogen) atoms. The molecule has 0 radical (unpaired) electrons. The van der Waals surface area contributed by atoms with Crippen LogP contribution in [0.1, 0.15) is 81.5 Å². The zero-order chi connectivity index (χ0) is 37.2. The summed E-state index contributed by atoms with van der Waals surface area (Å²) in [4.78, 5) is 105. The number of fused-ring (bicyclic) bond motifs is 1. The van der Waals surface area contributed by atoms with Crippen LogP contribution < -0.4 is 21.3 Å². The van der Waals surface area contributed by atoms with Gasteiger partial charge in [0, 0.05) is 32.6 Å². The fourth-order valence-electron chi connectivity index (χ4n) is 5.01. The summed E-state index contributed by atoms with van der Waals surface area (Å²) in [5.41, 5.74) is 0.154. The van der Waals surface area contributed by atoms with E-state index in [1.807, 2.05) is 0 Å². The standard InChI is InChI=1S/C33H47N7O9/c1-17(2)15-24(36-32(48)28(19(5)41)37-31(47)27(18(3)4)34-20(6)42)30(46)35-23(13-14-26(44)39(7)8)25(43)16-40-33(49)22-12-10-9-11-21(22)29(45)38-40/h9-12,17-19,23-24,27-28,41H,13-16H2,1-8H3,(H3-,34,35,36,37,42,46,47,48)/p+1. The lowest BCUT2D eigenvalue weighted by Crippen LogP contribution is -2.61. The third kappa shape index (κ3) is 11.7. The van der Waals surface area contributed by atoms with E-state index in [2.05, 4.69) is 26.4 Å². The molecule has 5 N–H and O–H groups in total. The van der Waals surface area contributed by atoms with E-state index >= 15 is 0 Å². The Hall–Kier alpha value is -4.86. The van der Waals surface area contributed by atoms with E-state index in [4.69, 9.17) is 0 Å². The number of Topliss-reactive ketones (excluding diaryl/α,β-unsaturated/α-hetero) is 1. The van der Waals surface area contributed by atoms with Gasteiger partial charge in [-0.1, -0.05) is 39.8 Å². The highest BCUT2D eigenvalue weighted by atomic mass is 16.3. The molecule has 0 spiro atoms. The molecule has 0 aromatic heterocycles. The third-order valence-electron chi connectivity index (χ3n) is 7.70. The van der Waals surface area contributed by atoms with Crippen LogP contribution >= 0.6 is 0 Å². The Bertz CT molecular complexity index is 1490. The maximum atomic E-state index is 13.7. The number of benzene rings is 1. The highest BCUT2D eigenvalue weighted by Gasteiger charge is 2.39. The number of aliphatic hydroxyl groups is 1. The number of amides is 7. The fourth-order valence-corrected chi connectivity index (χ4v) is 5.01. The van der Waals surface area contributed by atoms with Crippen molar-refractivity contribution in [3.05, 3.63) is 35.4 Å². The number of carbonyl (C=O) groups excluding carboxylic acids is 8. The van der Waals surface area contributed by atoms with Crippen molar-refractivity contribution in [2.75, 3.05) is 20.6 Å². The minimum Gasteiger partial charge on any atom is -0.391 e. The van der Waals surface area contributed by atoms with Crippen LogP contribution in [0.5, 0.6) is 0 Å². The highest BCUT2D eigenvalue weighted by Crippen LogP contribution is 2.17. The molecule has 268 valence electrons. The van der Waals surface area contributed by atoms with Crippen LogP contribution in [-0.4, -0.2) is 113 Å². The van der Waals surface area contributed by atoms with Crippen LogP contribution in [0.2, 0.25) is 0 Å². The van der Waals surface area contributed by atoms with Crippen LogP contribution in [0.3, 0.4) is 0 Å². The second-order valence-corrected chi connectivity index (χ2v) is 13.0. The summed E-state index contributed by atoms with van der Waals surface area (Å²) in [6, 6.07) is 0.927. The zero-order valence-corrected chi connectivity index (χ0v) is 29.2. The monoisotopic (exact) mass is 686 g/mol. The Labute approximate surface area is 285 Å². The van der Waals surface area contributed by atoms with Crippen LogP contribution in [0.4, 0.5) is 0 Å². The van der Waals surface area contributed by atoms with Crippen molar-refractivity contribution in [3.8, 4) is 0 Å². The normalized spacial score (nSPS) is 15.6. The van der Waals surface area contributed by atoms with Gasteiger partial charge in [0.15, 0.2) is 0 Å². The van der Waals surface area contributed by atoms with E-state index in [1.54, 1.807) is 39.8 Å². The van der Waals surface area contributed by atoms with Gasteiger partial charge in [0.1, 0.15) is 23.7 Å². The summed E-state index contributed by atoms with van der Waals surface area (Å²) in [5, 5.41) is 24.2. The number of carbonyl (C=O) groups is 8. The lowest BCUT2D eigenvalue weighted by atomic mass is 9.99. The Morgan fingerprint density at radius 1 is 0.816 bits per heavy atom. The molecule has 2 rings (SSSR count). The smallest absolute Gasteiger partial charge is 0.391 e. The molecule has 16 nitrogen and oxygen atoms in total. The first-order chi connectivity index (χ1) is 22.8. The maximum Gasteiger partial charge on any atom is 0.445 e. The summed E-state index contributed by atoms with van der Waals surface area (Å²) in [6.45, 7) is 8.80. The Morgan fingerprint density at radius 3 is 1.92 bits per heavy atom. The van der Waals surface area contributed by atoms with Gasteiger partial charge in [0.05, 0.1) is 17.7 Å². The van der Waals surface area contributed by atoms with Crippen molar-refractivity contribution in [1.29, 1.82) is 0 Å². The summed E-state index contributed by atoms with van der Waals surface area (Å²) in [6.07, 6.45) is -1.63. The molecule has 0 bridgehead atoms. The fraction of sp³-hybridized carbons (Fsp3) is 0.576. The van der Waals surface area contributed by atoms with Gasteiger partial charge in [-0.05, 0) is 48.4 Å². The molecule has 5 atom stereocenters. The van der Waals surface area contributed by atoms with Crippen molar-refractivity contribution in [2.45, 2.75) is 91.1 Å². The first kappa shape index (κ1) is 40.3. The Kier molecular flexibility index (Phi) is 14.9. The number of hydrogen-bond donors (Lipinski definition) is 5. The molecular weight excluding hydrogens is 638 g/mol. The lowest BCUT2D eigenvalue weighted by molar-refractivity contribution is -0.483. The van der Waals surface area contributed by atoms with Crippen LogP contribution in [-0.2, 0) is 28.8 Å². The summed E-state index contributed by atoms with van der Waals surface area (Å²) in [5.74, 6) is -5.84. The van der Waals surface area contributed by atoms with Gasteiger partial charge in [-0.15, -0.1) is 0 Å². The zero-order valence-electron chi connectivity index (χ0n) is 29.2. The topological polar surface area (TPSA) is 224 Å². The van der Waals surface area contributed by atoms with Gasteiger partial charge in [-0.25, -0.2) is 4.79 Å². The number of aliphatic hydroxyl groups excluding tert-OH is 1. The van der Waals surface area contributed by atoms with Crippen molar-refractivity contribution in [3.63, 3.8) is 0 Å². The Morgan fingerprint density at radius 2 is 1.39 bits per heavy atom. The predicted molar refractivity (Wildman–Crippen MR) is 175 cm³/mol. The lowest BCUT2D eigenvalue weighted by Gasteiger charge is -2.28. The molecule has 0 saturated heterocycles. The minimum absolute atomic E-state index is 0.0647. The first-order valence-electron chi connectivity index (χ1n) is 16.1. The van der Waals surface area contributed by atoms with Gasteiger partial charge < -0.3 is 31.3 Å². The SMILES string of the molecule is CC(=O)NC(C(=O)NC(C(=O)NC(CC(C)C)C(=O)NC(CCC(=O)N(C)C)C(=O)C[N+]1=NC(=O)c2ccccc2C1=O)C(C)O)C(C)C. The van der Waals surface area contributed by atoms with Crippen molar-refractivity contribution >= 4 is 47.1 Å². The van der Waals surface area contributed by atoms with Crippen LogP contribution in [0, 0.1) is 11.8 Å². The molecule has 7 amide bonds. The molecule has 1 aliphatic heterocycles. The average molecular weight is 687 g/mol. The van der Waals surface area contributed by atoms with Gasteiger partial charge in [-0.3, -0.25) is 33.6 Å². The number of nitrogens with one attached hydrogen (secondary N) is 4. The van der Waals surface area contributed by atoms with Crippen LogP contribution in [0.15, 0.2) is 29.4 Å². The number of azo groups is 2. The second kappa shape index (κ2) is 18.1. The van der Waals surface area contributed by atoms with E-state index in [-0.39, 0.29) is 48.1 Å². The molecule has 16 heteroatoms. The average Bonchev–Trinajstić information content (AvgIpc) is 3.01. The molecule has 0 saturated carbocycles. The first-order valence-corrected chi connectivity index (χ1v) is 16.1. The maximum absolute atomic E-state index is 13.7. The van der Waals surface area contributed by atoms with E-state index in [1.165, 1.54) is 45.0 Å². The molecule has 0 aliphatic carbocycles. The van der Waals surface area contributed by atoms with Gasteiger partial charge >= 0.3 is 11.8 Å². The summed E-state index contributed by atoms with van der Waals surface area (Å²) < 4.78 is 0.717. The molecule has 1 heterocycles. The Balaban J connectivity index is 2.31. The number of rotatable bonds is 17. The number of ketones is 1. The van der Waals surface area contributed by atoms with Crippen molar-refractivity contribution in [1.82, 2.24) is 26.2 Å². The summed E-state index contributed by atoms with van der Waals surface area (Å²) in [7, 11) is 3.05. The van der Waals surface area contributed by atoms with Crippen LogP contribution in [0.25, 0.3) is 0 Å². The van der Waals surface area contributed by atoms with Gasteiger partial charge in [-0.2, -0.15) is 0 Å². The quantitative estimate of drug-likeness (QED) is 0.138. The molecule has 5 unspecified atom stereocenters. The predicted octanol–water partition coefficient (Wildman–Crippen LogP) is -0.0752. The van der Waals surface area contributed by atoms with E-state index in [0.717, 1.165) is 0 Å². The molecule has 0 fully saturated rings. The van der Waals surface area contributed by atoms with E-state index < -0.39 is 78.0 Å². The van der Waals surface area contributed by atoms with Gasteiger partial charge in [0.2, 0.25) is 41.9 Å².